The second-order valence-corrected chi connectivity index (χ2v) is 8.70. The first-order chi connectivity index (χ1) is 15.4. The molecular weight excluding hydrogens is 406 g/mol. The first-order valence-electron chi connectivity index (χ1n) is 11.7. The number of carbonyl (C=O) groups is 1. The average Bonchev–Trinajstić information content (AvgIpc) is 3.58. The Labute approximate surface area is 190 Å². The summed E-state index contributed by atoms with van der Waals surface area (Å²) in [6.45, 7) is 9.71. The molecule has 10 nitrogen and oxygen atoms in total. The van der Waals surface area contributed by atoms with Crippen molar-refractivity contribution in [2.24, 2.45) is 21.6 Å². The highest BCUT2D eigenvalue weighted by Gasteiger charge is 2.23. The molecule has 0 radical (unpaired) electrons. The zero-order chi connectivity index (χ0) is 23.1. The fourth-order valence-electron chi connectivity index (χ4n) is 3.69. The first kappa shape index (κ1) is 24.0. The Morgan fingerprint density at radius 2 is 1.91 bits per heavy atom. The summed E-state index contributed by atoms with van der Waals surface area (Å²) in [5.74, 6) is 2.05. The molecule has 1 saturated heterocycles. The smallest absolute Gasteiger partial charge is 0.257 e. The monoisotopic (exact) mass is 443 g/mol. The van der Waals surface area contributed by atoms with Crippen LogP contribution in [0.3, 0.4) is 0 Å². The van der Waals surface area contributed by atoms with Crippen LogP contribution < -0.4 is 16.0 Å². The summed E-state index contributed by atoms with van der Waals surface area (Å²) < 4.78 is 0. The number of nitrogens with two attached hydrogens (primary N) is 1. The van der Waals surface area contributed by atoms with Crippen molar-refractivity contribution < 1.29 is 4.79 Å². The highest BCUT2D eigenvalue weighted by molar-refractivity contribution is 5.97. The van der Waals surface area contributed by atoms with Crippen LogP contribution in [0.15, 0.2) is 9.98 Å². The first-order valence-corrected chi connectivity index (χ1v) is 11.7. The van der Waals surface area contributed by atoms with Gasteiger partial charge in [-0.2, -0.15) is 19.9 Å². The standard InChI is InChI=1S/C22H37N9O/c1-5-16(7-10-19(32)25-17-8-9-17)15(3)24-20(23)28-21-26-18(6-2)27-22(29-21)31-13-11-30(4)12-14-31/h16-17H,5-14H2,1-4H3,(H,25,32)(H2,23,26,27,28,29). The van der Waals surface area contributed by atoms with Gasteiger partial charge in [-0.25, -0.2) is 4.99 Å². The van der Waals surface area contributed by atoms with E-state index in [-0.39, 0.29) is 23.7 Å². The maximum Gasteiger partial charge on any atom is 0.257 e. The Morgan fingerprint density at radius 3 is 2.53 bits per heavy atom. The highest BCUT2D eigenvalue weighted by Crippen LogP contribution is 2.20. The van der Waals surface area contributed by atoms with Crippen LogP contribution in [-0.4, -0.2) is 76.7 Å². The molecule has 1 amide bonds. The Morgan fingerprint density at radius 1 is 1.19 bits per heavy atom. The molecule has 0 aromatic carbocycles. The number of likely N-dealkylation sites (N-methyl/N-ethyl adjacent to an activating group) is 1. The van der Waals surface area contributed by atoms with Crippen molar-refractivity contribution in [3.63, 3.8) is 0 Å². The van der Waals surface area contributed by atoms with E-state index in [1.807, 2.05) is 13.8 Å². The van der Waals surface area contributed by atoms with E-state index in [0.29, 0.717) is 30.7 Å². The molecule has 176 valence electrons. The summed E-state index contributed by atoms with van der Waals surface area (Å²) in [6.07, 6.45) is 5.03. The number of aryl methyl sites for hydroxylation is 1. The molecule has 10 heteroatoms. The lowest BCUT2D eigenvalue weighted by atomic mass is 9.95. The van der Waals surface area contributed by atoms with Crippen LogP contribution in [0.4, 0.5) is 11.9 Å². The van der Waals surface area contributed by atoms with Gasteiger partial charge in [0, 0.05) is 50.8 Å². The molecular formula is C22H37N9O. The number of aromatic nitrogens is 3. The number of hydrogen-bond acceptors (Lipinski definition) is 7. The van der Waals surface area contributed by atoms with Gasteiger partial charge in [-0.3, -0.25) is 4.79 Å². The van der Waals surface area contributed by atoms with Crippen LogP contribution in [0.25, 0.3) is 0 Å². The van der Waals surface area contributed by atoms with Crippen LogP contribution in [0.5, 0.6) is 0 Å². The minimum absolute atomic E-state index is 0.120. The van der Waals surface area contributed by atoms with Gasteiger partial charge in [-0.05, 0) is 45.6 Å². The van der Waals surface area contributed by atoms with Crippen molar-refractivity contribution in [1.29, 1.82) is 0 Å². The topological polar surface area (TPSA) is 125 Å². The molecule has 2 aliphatic rings. The van der Waals surface area contributed by atoms with Gasteiger partial charge in [-0.15, -0.1) is 0 Å². The second-order valence-electron chi connectivity index (χ2n) is 8.70. The van der Waals surface area contributed by atoms with E-state index in [9.17, 15) is 4.79 Å². The van der Waals surface area contributed by atoms with Crippen LogP contribution in [0, 0.1) is 5.92 Å². The average molecular weight is 444 g/mol. The van der Waals surface area contributed by atoms with E-state index in [1.165, 1.54) is 0 Å². The van der Waals surface area contributed by atoms with Crippen LogP contribution in [0.1, 0.15) is 58.7 Å². The molecule has 1 aromatic rings. The lowest BCUT2D eigenvalue weighted by Crippen LogP contribution is -2.45. The van der Waals surface area contributed by atoms with Crippen LogP contribution in [-0.2, 0) is 11.2 Å². The minimum atomic E-state index is 0.120. The molecule has 0 bridgehead atoms. The largest absolute Gasteiger partial charge is 0.368 e. The number of carbonyl (C=O) groups excluding carboxylic acids is 1. The molecule has 0 spiro atoms. The van der Waals surface area contributed by atoms with E-state index in [0.717, 1.165) is 57.6 Å². The molecule has 1 aliphatic carbocycles. The number of anilines is 1. The number of piperazine rings is 1. The zero-order valence-corrected chi connectivity index (χ0v) is 19.8. The Kier molecular flexibility index (Phi) is 8.49. The Bertz CT molecular complexity index is 842. The quantitative estimate of drug-likeness (QED) is 0.439. The molecule has 3 rings (SSSR count). The molecule has 1 aromatic heterocycles. The Hall–Kier alpha value is -2.62. The Balaban J connectivity index is 1.67. The van der Waals surface area contributed by atoms with E-state index >= 15 is 0 Å². The maximum absolute atomic E-state index is 12.0. The summed E-state index contributed by atoms with van der Waals surface area (Å²) in [4.78, 5) is 38.8. The number of aliphatic imine (C=N–C) groups is 2. The van der Waals surface area contributed by atoms with Crippen molar-refractivity contribution in [1.82, 2.24) is 25.2 Å². The summed E-state index contributed by atoms with van der Waals surface area (Å²) in [7, 11) is 2.11. The van der Waals surface area contributed by atoms with Gasteiger partial charge >= 0.3 is 0 Å². The van der Waals surface area contributed by atoms with Gasteiger partial charge < -0.3 is 20.9 Å². The summed E-state index contributed by atoms with van der Waals surface area (Å²) in [5.41, 5.74) is 7.00. The number of hydrogen-bond donors (Lipinski definition) is 2. The fourth-order valence-corrected chi connectivity index (χ4v) is 3.69. The lowest BCUT2D eigenvalue weighted by Gasteiger charge is -2.32. The van der Waals surface area contributed by atoms with Gasteiger partial charge in [0.1, 0.15) is 5.82 Å². The van der Waals surface area contributed by atoms with E-state index in [4.69, 9.17) is 5.73 Å². The van der Waals surface area contributed by atoms with Crippen molar-refractivity contribution in [3.8, 4) is 0 Å². The highest BCUT2D eigenvalue weighted by atomic mass is 16.1. The zero-order valence-electron chi connectivity index (χ0n) is 19.8. The molecule has 2 heterocycles. The number of amides is 1. The van der Waals surface area contributed by atoms with E-state index < -0.39 is 0 Å². The number of guanidine groups is 1. The van der Waals surface area contributed by atoms with Gasteiger partial charge in [0.15, 0.2) is 0 Å². The molecule has 1 unspecified atom stereocenters. The summed E-state index contributed by atoms with van der Waals surface area (Å²) >= 11 is 0. The molecule has 32 heavy (non-hydrogen) atoms. The fraction of sp³-hybridized carbons (Fsp3) is 0.727. The molecule has 2 fully saturated rings. The molecule has 1 atom stereocenters. The minimum Gasteiger partial charge on any atom is -0.368 e. The summed E-state index contributed by atoms with van der Waals surface area (Å²) in [6, 6.07) is 0.393. The van der Waals surface area contributed by atoms with Crippen molar-refractivity contribution in [3.05, 3.63) is 5.82 Å². The third kappa shape index (κ3) is 7.22. The van der Waals surface area contributed by atoms with E-state index in [2.05, 4.69) is 54.0 Å². The molecule has 1 saturated carbocycles. The maximum atomic E-state index is 12.0. The van der Waals surface area contributed by atoms with Gasteiger partial charge in [0.05, 0.1) is 0 Å². The SMILES string of the molecule is CCc1nc(N=C(N)N=C(C)C(CC)CCC(=O)NC2CC2)nc(N2CCN(C)CC2)n1. The predicted molar refractivity (Wildman–Crippen MR) is 127 cm³/mol. The van der Waals surface area contributed by atoms with E-state index in [1.54, 1.807) is 0 Å². The summed E-state index contributed by atoms with van der Waals surface area (Å²) in [5, 5.41) is 3.03. The van der Waals surface area contributed by atoms with Crippen LogP contribution >= 0.6 is 0 Å². The predicted octanol–water partition coefficient (Wildman–Crippen LogP) is 1.68. The van der Waals surface area contributed by atoms with Gasteiger partial charge in [0.2, 0.25) is 17.8 Å². The second kappa shape index (κ2) is 11.3. The number of nitrogens with zero attached hydrogens (tertiary/aromatic N) is 7. The molecule has 1 aliphatic heterocycles. The van der Waals surface area contributed by atoms with Crippen LogP contribution in [0.2, 0.25) is 0 Å². The third-order valence-electron chi connectivity index (χ3n) is 6.01. The number of nitrogens with one attached hydrogen (secondary N) is 1. The third-order valence-corrected chi connectivity index (χ3v) is 6.01. The van der Waals surface area contributed by atoms with Gasteiger partial charge in [-0.1, -0.05) is 13.8 Å². The lowest BCUT2D eigenvalue weighted by molar-refractivity contribution is -0.121. The van der Waals surface area contributed by atoms with Crippen molar-refractivity contribution >= 4 is 29.5 Å². The van der Waals surface area contributed by atoms with Crippen molar-refractivity contribution in [2.45, 2.75) is 65.3 Å². The number of rotatable bonds is 9. The molecule has 3 N–H and O–H groups in total. The normalized spacial score (nSPS) is 19.2. The van der Waals surface area contributed by atoms with Gasteiger partial charge in [0.25, 0.3) is 5.95 Å². The van der Waals surface area contributed by atoms with Crippen molar-refractivity contribution in [2.75, 3.05) is 38.1 Å².